The number of hydrogen-bond donors (Lipinski definition) is 2. The zero-order valence-electron chi connectivity index (χ0n) is 18.1. The van der Waals surface area contributed by atoms with E-state index >= 15 is 0 Å². The van der Waals surface area contributed by atoms with Crippen LogP contribution in [0.5, 0.6) is 0 Å². The summed E-state index contributed by atoms with van der Waals surface area (Å²) < 4.78 is 5.40. The smallest absolute Gasteiger partial charge is 0.254 e. The van der Waals surface area contributed by atoms with Crippen molar-refractivity contribution in [3.05, 3.63) is 29.8 Å². The molecule has 0 spiro atoms. The van der Waals surface area contributed by atoms with Gasteiger partial charge in [-0.2, -0.15) is 0 Å². The molecule has 1 unspecified atom stereocenters. The molecule has 2 aliphatic heterocycles. The standard InChI is InChI=1S/C22H32N4O4/c1-22(2,3)24-19(27)15-25-9-11-26(12-10-25)21(29)16-6-4-7-17(14-16)23-20(28)18-8-5-13-30-18/h4,6-7,14,18H,5,8-13,15H2,1-3H3,(H,23,28)(H,24,27). The number of carbonyl (C=O) groups excluding carboxylic acids is 3. The fourth-order valence-corrected chi connectivity index (χ4v) is 3.69. The number of nitrogens with one attached hydrogen (secondary N) is 2. The van der Waals surface area contributed by atoms with Gasteiger partial charge in [-0.05, 0) is 51.8 Å². The van der Waals surface area contributed by atoms with Crippen molar-refractivity contribution < 1.29 is 19.1 Å². The molecule has 1 atom stereocenters. The Hall–Kier alpha value is -2.45. The normalized spacial score (nSPS) is 20.1. The van der Waals surface area contributed by atoms with E-state index in [9.17, 15) is 14.4 Å². The van der Waals surface area contributed by atoms with E-state index in [1.54, 1.807) is 29.2 Å². The average Bonchev–Trinajstić information content (AvgIpc) is 3.22. The van der Waals surface area contributed by atoms with E-state index in [1.165, 1.54) is 0 Å². The van der Waals surface area contributed by atoms with Gasteiger partial charge in [-0.1, -0.05) is 6.07 Å². The van der Waals surface area contributed by atoms with Crippen LogP contribution in [-0.2, 0) is 14.3 Å². The monoisotopic (exact) mass is 416 g/mol. The summed E-state index contributed by atoms with van der Waals surface area (Å²) in [5.41, 5.74) is 0.886. The van der Waals surface area contributed by atoms with Crippen molar-refractivity contribution >= 4 is 23.4 Å². The average molecular weight is 417 g/mol. The summed E-state index contributed by atoms with van der Waals surface area (Å²) in [6.07, 6.45) is 1.20. The number of ether oxygens (including phenoxy) is 1. The zero-order chi connectivity index (χ0) is 21.7. The highest BCUT2D eigenvalue weighted by Gasteiger charge is 2.26. The van der Waals surface area contributed by atoms with E-state index in [0.717, 1.165) is 12.8 Å². The quantitative estimate of drug-likeness (QED) is 0.759. The Balaban J connectivity index is 1.51. The van der Waals surface area contributed by atoms with Crippen molar-refractivity contribution in [2.75, 3.05) is 44.6 Å². The third-order valence-corrected chi connectivity index (χ3v) is 5.14. The first-order valence-corrected chi connectivity index (χ1v) is 10.6. The molecule has 2 saturated heterocycles. The predicted molar refractivity (Wildman–Crippen MR) is 114 cm³/mol. The van der Waals surface area contributed by atoms with Crippen LogP contribution in [0.25, 0.3) is 0 Å². The number of nitrogens with zero attached hydrogens (tertiary/aromatic N) is 2. The number of amides is 3. The Labute approximate surface area is 177 Å². The van der Waals surface area contributed by atoms with E-state index in [4.69, 9.17) is 4.74 Å². The molecule has 3 amide bonds. The SMILES string of the molecule is CC(C)(C)NC(=O)CN1CCN(C(=O)c2cccc(NC(=O)C3CCCO3)c2)CC1. The number of hydrogen-bond acceptors (Lipinski definition) is 5. The third kappa shape index (κ3) is 6.27. The van der Waals surface area contributed by atoms with Gasteiger partial charge in [0.15, 0.2) is 0 Å². The van der Waals surface area contributed by atoms with Crippen molar-refractivity contribution in [2.45, 2.75) is 45.3 Å². The van der Waals surface area contributed by atoms with Crippen molar-refractivity contribution in [1.29, 1.82) is 0 Å². The molecule has 30 heavy (non-hydrogen) atoms. The minimum absolute atomic E-state index is 0.00281. The van der Waals surface area contributed by atoms with Gasteiger partial charge in [-0.25, -0.2) is 0 Å². The molecule has 0 aliphatic carbocycles. The lowest BCUT2D eigenvalue weighted by atomic mass is 10.1. The number of anilines is 1. The van der Waals surface area contributed by atoms with Gasteiger partial charge in [0.05, 0.1) is 6.54 Å². The Morgan fingerprint density at radius 1 is 1.13 bits per heavy atom. The van der Waals surface area contributed by atoms with Crippen LogP contribution in [0.3, 0.4) is 0 Å². The molecule has 164 valence electrons. The van der Waals surface area contributed by atoms with Crippen molar-refractivity contribution in [1.82, 2.24) is 15.1 Å². The van der Waals surface area contributed by atoms with Crippen molar-refractivity contribution in [2.24, 2.45) is 0 Å². The molecule has 8 nitrogen and oxygen atoms in total. The number of rotatable bonds is 5. The molecule has 2 aliphatic rings. The second kappa shape index (κ2) is 9.57. The Bertz CT molecular complexity index is 776. The molecule has 0 aromatic heterocycles. The molecule has 0 bridgehead atoms. The minimum atomic E-state index is -0.409. The van der Waals surface area contributed by atoms with E-state index < -0.39 is 6.10 Å². The maximum absolute atomic E-state index is 12.9. The summed E-state index contributed by atoms with van der Waals surface area (Å²) in [6, 6.07) is 7.01. The van der Waals surface area contributed by atoms with E-state index in [0.29, 0.717) is 50.6 Å². The molecule has 8 heteroatoms. The van der Waals surface area contributed by atoms with Gasteiger partial charge in [-0.3, -0.25) is 19.3 Å². The lowest BCUT2D eigenvalue weighted by molar-refractivity contribution is -0.125. The summed E-state index contributed by atoms with van der Waals surface area (Å²) in [4.78, 5) is 41.1. The molecular weight excluding hydrogens is 384 g/mol. The third-order valence-electron chi connectivity index (χ3n) is 5.14. The van der Waals surface area contributed by atoms with Crippen LogP contribution in [0, 0.1) is 0 Å². The molecule has 2 heterocycles. The lowest BCUT2D eigenvalue weighted by Gasteiger charge is -2.35. The highest BCUT2D eigenvalue weighted by Crippen LogP contribution is 2.17. The van der Waals surface area contributed by atoms with Gasteiger partial charge in [0, 0.05) is 49.6 Å². The molecule has 0 radical (unpaired) electrons. The van der Waals surface area contributed by atoms with Crippen molar-refractivity contribution in [3.8, 4) is 0 Å². The predicted octanol–water partition coefficient (Wildman–Crippen LogP) is 1.48. The summed E-state index contributed by atoms with van der Waals surface area (Å²) in [5, 5.41) is 5.81. The van der Waals surface area contributed by atoms with Gasteiger partial charge >= 0.3 is 0 Å². The Morgan fingerprint density at radius 2 is 1.87 bits per heavy atom. The molecule has 3 rings (SSSR count). The van der Waals surface area contributed by atoms with Crippen LogP contribution in [0.1, 0.15) is 44.0 Å². The molecule has 2 N–H and O–H groups in total. The minimum Gasteiger partial charge on any atom is -0.368 e. The maximum Gasteiger partial charge on any atom is 0.254 e. The Kier molecular flexibility index (Phi) is 7.10. The fourth-order valence-electron chi connectivity index (χ4n) is 3.69. The van der Waals surface area contributed by atoms with E-state index in [-0.39, 0.29) is 23.3 Å². The number of piperazine rings is 1. The number of benzene rings is 1. The van der Waals surface area contributed by atoms with Crippen molar-refractivity contribution in [3.63, 3.8) is 0 Å². The molecule has 2 fully saturated rings. The van der Waals surface area contributed by atoms with Crippen LogP contribution in [0.2, 0.25) is 0 Å². The molecule has 1 aromatic carbocycles. The van der Waals surface area contributed by atoms with Gasteiger partial charge < -0.3 is 20.3 Å². The van der Waals surface area contributed by atoms with Gasteiger partial charge in [0.2, 0.25) is 5.91 Å². The number of carbonyl (C=O) groups is 3. The van der Waals surface area contributed by atoms with Crippen LogP contribution in [0.4, 0.5) is 5.69 Å². The van der Waals surface area contributed by atoms with Crippen LogP contribution in [0.15, 0.2) is 24.3 Å². The first-order valence-electron chi connectivity index (χ1n) is 10.6. The van der Waals surface area contributed by atoms with Gasteiger partial charge in [-0.15, -0.1) is 0 Å². The lowest BCUT2D eigenvalue weighted by Crippen LogP contribution is -2.52. The highest BCUT2D eigenvalue weighted by atomic mass is 16.5. The van der Waals surface area contributed by atoms with Gasteiger partial charge in [0.1, 0.15) is 6.10 Å². The van der Waals surface area contributed by atoms with E-state index in [1.807, 2.05) is 20.8 Å². The first-order chi connectivity index (χ1) is 14.2. The summed E-state index contributed by atoms with van der Waals surface area (Å²) in [5.74, 6) is -0.238. The Morgan fingerprint density at radius 3 is 2.50 bits per heavy atom. The summed E-state index contributed by atoms with van der Waals surface area (Å²) in [6.45, 7) is 9.25. The largest absolute Gasteiger partial charge is 0.368 e. The fraction of sp³-hybridized carbons (Fsp3) is 0.591. The first kappa shape index (κ1) is 22.2. The van der Waals surface area contributed by atoms with E-state index in [2.05, 4.69) is 15.5 Å². The van der Waals surface area contributed by atoms with Gasteiger partial charge in [0.25, 0.3) is 11.8 Å². The van der Waals surface area contributed by atoms with Crippen LogP contribution >= 0.6 is 0 Å². The zero-order valence-corrected chi connectivity index (χ0v) is 18.1. The molecule has 1 aromatic rings. The topological polar surface area (TPSA) is 91.0 Å². The second-order valence-corrected chi connectivity index (χ2v) is 8.94. The molecule has 0 saturated carbocycles. The maximum atomic E-state index is 12.9. The highest BCUT2D eigenvalue weighted by molar-refractivity contribution is 5.98. The summed E-state index contributed by atoms with van der Waals surface area (Å²) in [7, 11) is 0. The summed E-state index contributed by atoms with van der Waals surface area (Å²) >= 11 is 0. The second-order valence-electron chi connectivity index (χ2n) is 8.94. The molecular formula is C22H32N4O4. The van der Waals surface area contributed by atoms with Crippen LogP contribution < -0.4 is 10.6 Å². The van der Waals surface area contributed by atoms with Crippen LogP contribution in [-0.4, -0.2) is 78.5 Å².